The monoisotopic (exact) mass is 468 g/mol. The minimum Gasteiger partial charge on any atom is -0.390 e. The molecule has 0 aliphatic carbocycles. The average molecular weight is 469 g/mol. The Balaban J connectivity index is 1.62. The molecule has 3 heterocycles. The zero-order valence-electron chi connectivity index (χ0n) is 19.0. The van der Waals surface area contributed by atoms with E-state index in [9.17, 15) is 19.7 Å². The molecule has 33 heavy (non-hydrogen) atoms. The van der Waals surface area contributed by atoms with Crippen LogP contribution < -0.4 is 5.32 Å². The molecule has 3 rings (SSSR count). The van der Waals surface area contributed by atoms with Crippen LogP contribution in [0.2, 0.25) is 0 Å². The number of ether oxygens (including phenoxy) is 2. The predicted molar refractivity (Wildman–Crippen MR) is 115 cm³/mol. The quantitative estimate of drug-likeness (QED) is 0.247. The molecule has 2 aliphatic heterocycles. The van der Waals surface area contributed by atoms with Gasteiger partial charge in [0.25, 0.3) is 5.91 Å². The third-order valence-corrected chi connectivity index (χ3v) is 5.40. The molecular formula is C19H32N8O6. The van der Waals surface area contributed by atoms with E-state index < -0.39 is 16.8 Å². The largest absolute Gasteiger partial charge is 0.491 e. The molecule has 0 bridgehead atoms. The van der Waals surface area contributed by atoms with E-state index >= 15 is 0 Å². The fraction of sp³-hybridized carbons (Fsp3) is 0.789. The molecule has 0 unspecified atom stereocenters. The average Bonchev–Trinajstić information content (AvgIpc) is 3.25. The highest BCUT2D eigenvalue weighted by molar-refractivity contribution is 5.91. The predicted octanol–water partition coefficient (Wildman–Crippen LogP) is -0.876. The Morgan fingerprint density at radius 3 is 2.45 bits per heavy atom. The van der Waals surface area contributed by atoms with Gasteiger partial charge >= 0.3 is 17.7 Å². The molecule has 2 aliphatic rings. The second kappa shape index (κ2) is 12.5. The number of aromatic nitrogens is 3. The van der Waals surface area contributed by atoms with Crippen molar-refractivity contribution in [3.63, 3.8) is 0 Å². The van der Waals surface area contributed by atoms with E-state index in [1.165, 1.54) is 0 Å². The third-order valence-electron chi connectivity index (χ3n) is 5.40. The van der Waals surface area contributed by atoms with E-state index in [0.717, 1.165) is 30.7 Å². The van der Waals surface area contributed by atoms with Gasteiger partial charge in [-0.05, 0) is 29.3 Å². The van der Waals surface area contributed by atoms with Gasteiger partial charge in [0.05, 0.1) is 26.4 Å². The van der Waals surface area contributed by atoms with Crippen molar-refractivity contribution in [2.45, 2.75) is 26.3 Å². The fourth-order valence-corrected chi connectivity index (χ4v) is 3.73. The Hall–Kier alpha value is -2.68. The lowest BCUT2D eigenvalue weighted by atomic mass is 10.3. The van der Waals surface area contributed by atoms with Crippen molar-refractivity contribution in [2.75, 3.05) is 72.2 Å². The molecule has 0 radical (unpaired) electrons. The summed E-state index contributed by atoms with van der Waals surface area (Å²) in [5, 5.41) is 21.2. The van der Waals surface area contributed by atoms with Gasteiger partial charge in [0.2, 0.25) is 0 Å². The lowest BCUT2D eigenvalue weighted by molar-refractivity contribution is -0.394. The van der Waals surface area contributed by atoms with Crippen LogP contribution in [0.4, 0.5) is 5.95 Å². The van der Waals surface area contributed by atoms with Gasteiger partial charge in [-0.1, -0.05) is 6.92 Å². The highest BCUT2D eigenvalue weighted by atomic mass is 16.6. The second-order valence-electron chi connectivity index (χ2n) is 7.80. The summed E-state index contributed by atoms with van der Waals surface area (Å²) in [4.78, 5) is 42.1. The summed E-state index contributed by atoms with van der Waals surface area (Å²) in [5.74, 6) is -1.88. The molecule has 14 heteroatoms. The van der Waals surface area contributed by atoms with Crippen LogP contribution in [0.5, 0.6) is 0 Å². The summed E-state index contributed by atoms with van der Waals surface area (Å²) in [6.45, 7) is 8.58. The van der Waals surface area contributed by atoms with Gasteiger partial charge < -0.3 is 24.9 Å². The zero-order chi connectivity index (χ0) is 23.6. The van der Waals surface area contributed by atoms with Crippen molar-refractivity contribution < 1.29 is 24.0 Å². The first-order chi connectivity index (χ1) is 16.0. The van der Waals surface area contributed by atoms with Gasteiger partial charge in [-0.25, -0.2) is 5.01 Å². The third kappa shape index (κ3) is 7.15. The van der Waals surface area contributed by atoms with Gasteiger partial charge in [0.1, 0.15) is 6.54 Å². The summed E-state index contributed by atoms with van der Waals surface area (Å²) in [5.41, 5.74) is 0. The maximum absolute atomic E-state index is 13.0. The number of hydrogen-bond donors (Lipinski definition) is 1. The molecule has 14 nitrogen and oxygen atoms in total. The summed E-state index contributed by atoms with van der Waals surface area (Å²) in [6, 6.07) is 0. The molecule has 0 aromatic carbocycles. The van der Waals surface area contributed by atoms with Crippen LogP contribution in [0, 0.1) is 10.1 Å². The molecule has 184 valence electrons. The molecule has 2 saturated heterocycles. The molecule has 0 atom stereocenters. The summed E-state index contributed by atoms with van der Waals surface area (Å²) >= 11 is 0. The lowest BCUT2D eigenvalue weighted by Crippen LogP contribution is -2.52. The van der Waals surface area contributed by atoms with Crippen molar-refractivity contribution in [1.82, 2.24) is 35.0 Å². The topological polar surface area (TPSA) is 148 Å². The highest BCUT2D eigenvalue weighted by Gasteiger charge is 2.31. The number of carbonyl (C=O) groups is 2. The van der Waals surface area contributed by atoms with Gasteiger partial charge in [0.15, 0.2) is 0 Å². The van der Waals surface area contributed by atoms with E-state index in [-0.39, 0.29) is 18.3 Å². The number of amides is 2. The Kier molecular flexibility index (Phi) is 9.47. The Labute approximate surface area is 191 Å². The number of carbonyl (C=O) groups excluding carboxylic acids is 2. The minimum atomic E-state index is -0.776. The van der Waals surface area contributed by atoms with Crippen molar-refractivity contribution in [3.8, 4) is 0 Å². The van der Waals surface area contributed by atoms with Crippen LogP contribution in [-0.4, -0.2) is 119 Å². The number of hydrogen-bond acceptors (Lipinski definition) is 10. The number of morpholine rings is 2. The van der Waals surface area contributed by atoms with Gasteiger partial charge in [-0.3, -0.25) is 19.5 Å². The van der Waals surface area contributed by atoms with Crippen LogP contribution in [0.25, 0.3) is 0 Å². The fourth-order valence-electron chi connectivity index (χ4n) is 3.73. The number of nitrogens with zero attached hydrogens (tertiary/aromatic N) is 7. The first kappa shape index (κ1) is 25.0. The van der Waals surface area contributed by atoms with Gasteiger partial charge in [0, 0.05) is 44.4 Å². The lowest BCUT2D eigenvalue weighted by Gasteiger charge is -2.37. The SMILES string of the molecule is CCCN(C(=O)Cn1nc([N+](=O)[O-])nc1C(=O)NCCCN1CCOCC1)N1CCOCC1. The number of nitrogens with one attached hydrogen (secondary N) is 1. The zero-order valence-corrected chi connectivity index (χ0v) is 19.0. The number of rotatable bonds is 11. The van der Waals surface area contributed by atoms with Crippen molar-refractivity contribution in [3.05, 3.63) is 15.9 Å². The molecular weight excluding hydrogens is 436 g/mol. The van der Waals surface area contributed by atoms with Crippen LogP contribution in [0.3, 0.4) is 0 Å². The maximum atomic E-state index is 13.0. The van der Waals surface area contributed by atoms with Crippen LogP contribution in [-0.2, 0) is 20.8 Å². The second-order valence-corrected chi connectivity index (χ2v) is 7.80. The maximum Gasteiger partial charge on any atom is 0.491 e. The molecule has 1 N–H and O–H groups in total. The molecule has 1 aromatic heterocycles. The van der Waals surface area contributed by atoms with Gasteiger partial charge in [-0.2, -0.15) is 4.68 Å². The Bertz CT molecular complexity index is 806. The van der Waals surface area contributed by atoms with Gasteiger partial charge in [-0.15, -0.1) is 0 Å². The highest BCUT2D eigenvalue weighted by Crippen LogP contribution is 2.10. The summed E-state index contributed by atoms with van der Waals surface area (Å²) < 4.78 is 11.7. The minimum absolute atomic E-state index is 0.250. The molecule has 0 spiro atoms. The Morgan fingerprint density at radius 2 is 1.82 bits per heavy atom. The molecule has 2 amide bonds. The van der Waals surface area contributed by atoms with E-state index in [2.05, 4.69) is 20.3 Å². The first-order valence-electron chi connectivity index (χ1n) is 11.3. The van der Waals surface area contributed by atoms with E-state index in [4.69, 9.17) is 9.47 Å². The normalized spacial score (nSPS) is 17.6. The van der Waals surface area contributed by atoms with Crippen molar-refractivity contribution in [1.29, 1.82) is 0 Å². The van der Waals surface area contributed by atoms with Crippen molar-refractivity contribution in [2.24, 2.45) is 0 Å². The summed E-state index contributed by atoms with van der Waals surface area (Å²) in [6.07, 6.45) is 1.44. The van der Waals surface area contributed by atoms with Crippen LogP contribution in [0.1, 0.15) is 30.4 Å². The standard InChI is InChI=1S/C19H32N8O6/c1-2-5-26(24-9-13-33-14-10-24)16(28)15-25-17(21-19(22-25)27(30)31)18(29)20-4-3-6-23-7-11-32-12-8-23/h2-15H2,1H3,(H,20,29). The first-order valence-corrected chi connectivity index (χ1v) is 11.3. The molecule has 1 aromatic rings. The van der Waals surface area contributed by atoms with E-state index in [1.54, 1.807) is 5.01 Å². The van der Waals surface area contributed by atoms with E-state index in [1.807, 2.05) is 11.9 Å². The number of nitro groups is 1. The van der Waals surface area contributed by atoms with Crippen LogP contribution in [0.15, 0.2) is 0 Å². The summed E-state index contributed by atoms with van der Waals surface area (Å²) in [7, 11) is 0. The Morgan fingerprint density at radius 1 is 1.15 bits per heavy atom. The van der Waals surface area contributed by atoms with Crippen LogP contribution >= 0.6 is 0 Å². The molecule has 0 saturated carbocycles. The molecule has 2 fully saturated rings. The van der Waals surface area contributed by atoms with E-state index in [0.29, 0.717) is 59.0 Å². The number of hydrazine groups is 1. The smallest absolute Gasteiger partial charge is 0.390 e. The van der Waals surface area contributed by atoms with Crippen molar-refractivity contribution >= 4 is 17.8 Å².